The Hall–Kier alpha value is -3.75. The van der Waals surface area contributed by atoms with Crippen molar-refractivity contribution in [2.75, 3.05) is 18.4 Å². The average molecular weight is 506 g/mol. The first kappa shape index (κ1) is 24.9. The summed E-state index contributed by atoms with van der Waals surface area (Å²) in [4.78, 5) is 31.2. The van der Waals surface area contributed by atoms with Crippen LogP contribution in [0.1, 0.15) is 68.1 Å². The predicted octanol–water partition coefficient (Wildman–Crippen LogP) is 5.09. The number of halogens is 2. The molecule has 192 valence electrons. The topological polar surface area (TPSA) is 88.1 Å². The lowest BCUT2D eigenvalue weighted by Crippen LogP contribution is -2.48. The van der Waals surface area contributed by atoms with Crippen molar-refractivity contribution in [2.45, 2.75) is 51.9 Å². The van der Waals surface area contributed by atoms with Gasteiger partial charge in [-0.15, -0.1) is 0 Å². The number of likely N-dealkylation sites (N-methyl/N-ethyl adjacent to an activating group) is 1. The highest BCUT2D eigenvalue weighted by atomic mass is 19.1. The molecule has 9 heteroatoms. The summed E-state index contributed by atoms with van der Waals surface area (Å²) in [7, 11) is 0. The normalized spacial score (nSPS) is 21.0. The molecule has 2 atom stereocenters. The van der Waals surface area contributed by atoms with Crippen LogP contribution >= 0.6 is 0 Å². The van der Waals surface area contributed by atoms with E-state index in [1.165, 1.54) is 37.5 Å². The number of benzene rings is 1. The molecular weight excluding hydrogens is 476 g/mol. The summed E-state index contributed by atoms with van der Waals surface area (Å²) in [5.41, 5.74) is 1.72. The van der Waals surface area contributed by atoms with Gasteiger partial charge in [-0.1, -0.05) is 19.9 Å². The summed E-state index contributed by atoms with van der Waals surface area (Å²) in [6.07, 6.45) is 4.69. The van der Waals surface area contributed by atoms with Gasteiger partial charge in [0.25, 0.3) is 5.91 Å². The zero-order chi connectivity index (χ0) is 26.5. The Morgan fingerprint density at radius 2 is 1.89 bits per heavy atom. The molecule has 3 aromatic rings. The lowest BCUT2D eigenvalue weighted by molar-refractivity contribution is -0.114. The van der Waals surface area contributed by atoms with Crippen LogP contribution in [-0.4, -0.2) is 45.0 Å². The van der Waals surface area contributed by atoms with Crippen molar-refractivity contribution in [3.63, 3.8) is 0 Å². The molecule has 1 saturated carbocycles. The number of carbonyl (C=O) groups is 2. The number of fused-ring (bicyclic) bond motifs is 5. The second kappa shape index (κ2) is 8.97. The van der Waals surface area contributed by atoms with E-state index >= 15 is 0 Å². The molecule has 0 radical (unpaired) electrons. The van der Waals surface area contributed by atoms with Crippen molar-refractivity contribution < 1.29 is 18.4 Å². The Morgan fingerprint density at radius 3 is 2.57 bits per heavy atom. The van der Waals surface area contributed by atoms with Crippen LogP contribution in [0.25, 0.3) is 11.3 Å². The van der Waals surface area contributed by atoms with E-state index in [4.69, 9.17) is 0 Å². The van der Waals surface area contributed by atoms with Crippen molar-refractivity contribution in [3.05, 3.63) is 71.2 Å². The summed E-state index contributed by atoms with van der Waals surface area (Å²) in [5.74, 6) is -1.74. The highest BCUT2D eigenvalue weighted by Gasteiger charge is 2.64. The molecule has 2 heterocycles. The summed E-state index contributed by atoms with van der Waals surface area (Å²) < 4.78 is 29.0. The molecule has 1 fully saturated rings. The molecule has 0 saturated heterocycles. The number of rotatable bonds is 6. The third kappa shape index (κ3) is 3.79. The summed E-state index contributed by atoms with van der Waals surface area (Å²) >= 11 is 0. The lowest BCUT2D eigenvalue weighted by Gasteiger charge is -2.41. The van der Waals surface area contributed by atoms with Crippen LogP contribution in [0.2, 0.25) is 0 Å². The van der Waals surface area contributed by atoms with Gasteiger partial charge in [0.15, 0.2) is 0 Å². The zero-order valence-corrected chi connectivity index (χ0v) is 21.3. The number of hydrogen-bond donors (Lipinski definition) is 1. The minimum absolute atomic E-state index is 0.122. The van der Waals surface area contributed by atoms with Crippen LogP contribution in [0.3, 0.4) is 0 Å². The Kier molecular flexibility index (Phi) is 6.04. The van der Waals surface area contributed by atoms with Gasteiger partial charge in [0.1, 0.15) is 11.6 Å². The standard InChI is InChI=1S/C28H29F2N5O2/c1-5-35(26(37)17-10-12-31-14-23(17)32-16(2)36)15-28-11-9-19(27(28,3)4)18-13-22(33-34-25(18)28)24-20(29)7-6-8-21(24)30/h6-8,10,12-14,19H,5,9,11,15H2,1-4H3,(H,32,36). The first-order chi connectivity index (χ1) is 17.6. The van der Waals surface area contributed by atoms with Gasteiger partial charge in [0, 0.05) is 31.6 Å². The van der Waals surface area contributed by atoms with Crippen LogP contribution in [0.5, 0.6) is 0 Å². The molecule has 1 N–H and O–H groups in total. The largest absolute Gasteiger partial charge is 0.338 e. The molecule has 2 unspecified atom stereocenters. The molecule has 2 amide bonds. The van der Waals surface area contributed by atoms with Crippen LogP contribution in [0.15, 0.2) is 42.7 Å². The Morgan fingerprint density at radius 1 is 1.16 bits per heavy atom. The first-order valence-electron chi connectivity index (χ1n) is 12.4. The third-order valence-electron chi connectivity index (χ3n) is 8.33. The van der Waals surface area contributed by atoms with Gasteiger partial charge >= 0.3 is 0 Å². The molecule has 0 aliphatic heterocycles. The lowest BCUT2D eigenvalue weighted by atomic mass is 9.68. The van der Waals surface area contributed by atoms with E-state index in [0.29, 0.717) is 24.3 Å². The summed E-state index contributed by atoms with van der Waals surface area (Å²) in [6, 6.07) is 7.13. The Bertz CT molecular complexity index is 1390. The number of nitrogens with zero attached hydrogens (tertiary/aromatic N) is 4. The summed E-state index contributed by atoms with van der Waals surface area (Å²) in [5, 5.41) is 11.5. The minimum atomic E-state index is -0.679. The van der Waals surface area contributed by atoms with Gasteiger partial charge in [-0.25, -0.2) is 8.78 Å². The Labute approximate surface area is 214 Å². The van der Waals surface area contributed by atoms with Crippen LogP contribution in [0, 0.1) is 17.0 Å². The van der Waals surface area contributed by atoms with E-state index in [1.54, 1.807) is 17.0 Å². The van der Waals surface area contributed by atoms with E-state index in [-0.39, 0.29) is 34.4 Å². The second-order valence-corrected chi connectivity index (χ2v) is 10.4. The predicted molar refractivity (Wildman–Crippen MR) is 135 cm³/mol. The molecule has 0 spiro atoms. The SMILES string of the molecule is CCN(CC12CCC(c3cc(-c4c(F)cccc4F)nnc31)C2(C)C)C(=O)c1ccncc1NC(C)=O. The fraction of sp³-hybridized carbons (Fsp3) is 0.393. The number of anilines is 1. The van der Waals surface area contributed by atoms with E-state index in [0.717, 1.165) is 24.1 Å². The smallest absolute Gasteiger partial charge is 0.256 e. The molecule has 5 rings (SSSR count). The van der Waals surface area contributed by atoms with Crippen molar-refractivity contribution in [1.82, 2.24) is 20.1 Å². The number of carbonyl (C=O) groups excluding carboxylic acids is 2. The van der Waals surface area contributed by atoms with Gasteiger partial charge in [0.2, 0.25) is 5.91 Å². The first-order valence-corrected chi connectivity index (χ1v) is 12.4. The monoisotopic (exact) mass is 505 g/mol. The highest BCUT2D eigenvalue weighted by Crippen LogP contribution is 2.67. The van der Waals surface area contributed by atoms with Crippen molar-refractivity contribution in [1.29, 1.82) is 0 Å². The fourth-order valence-corrected chi connectivity index (χ4v) is 6.33. The van der Waals surface area contributed by atoms with Crippen LogP contribution < -0.4 is 5.32 Å². The molecule has 1 aromatic carbocycles. The number of nitrogens with one attached hydrogen (secondary N) is 1. The molecule has 2 aliphatic carbocycles. The summed E-state index contributed by atoms with van der Waals surface area (Å²) in [6.45, 7) is 8.49. The van der Waals surface area contributed by atoms with E-state index < -0.39 is 17.0 Å². The fourth-order valence-electron chi connectivity index (χ4n) is 6.33. The molecule has 2 aromatic heterocycles. The number of aromatic nitrogens is 3. The number of hydrogen-bond acceptors (Lipinski definition) is 5. The average Bonchev–Trinajstić information content (AvgIpc) is 3.21. The molecule has 7 nitrogen and oxygen atoms in total. The number of amides is 2. The molecule has 2 bridgehead atoms. The number of pyridine rings is 1. The van der Waals surface area contributed by atoms with Gasteiger partial charge in [0.05, 0.1) is 34.4 Å². The van der Waals surface area contributed by atoms with Crippen molar-refractivity contribution >= 4 is 17.5 Å². The van der Waals surface area contributed by atoms with E-state index in [1.807, 2.05) is 6.92 Å². The maximum atomic E-state index is 14.5. The zero-order valence-electron chi connectivity index (χ0n) is 21.3. The quantitative estimate of drug-likeness (QED) is 0.504. The second-order valence-electron chi connectivity index (χ2n) is 10.4. The molecule has 2 aliphatic rings. The molecule has 37 heavy (non-hydrogen) atoms. The van der Waals surface area contributed by atoms with Crippen LogP contribution in [-0.2, 0) is 10.2 Å². The highest BCUT2D eigenvalue weighted by molar-refractivity contribution is 6.03. The minimum Gasteiger partial charge on any atom is -0.338 e. The maximum Gasteiger partial charge on any atom is 0.256 e. The van der Waals surface area contributed by atoms with Crippen molar-refractivity contribution in [3.8, 4) is 11.3 Å². The molecular formula is C28H29F2N5O2. The van der Waals surface area contributed by atoms with Crippen molar-refractivity contribution in [2.24, 2.45) is 5.41 Å². The van der Waals surface area contributed by atoms with E-state index in [9.17, 15) is 18.4 Å². The maximum absolute atomic E-state index is 14.5. The van der Waals surface area contributed by atoms with Crippen LogP contribution in [0.4, 0.5) is 14.5 Å². The van der Waals surface area contributed by atoms with Gasteiger partial charge in [-0.05, 0) is 60.9 Å². The van der Waals surface area contributed by atoms with Gasteiger partial charge in [-0.2, -0.15) is 10.2 Å². The Balaban J connectivity index is 1.54. The van der Waals surface area contributed by atoms with E-state index in [2.05, 4.69) is 34.3 Å². The van der Waals surface area contributed by atoms with Gasteiger partial charge < -0.3 is 10.2 Å². The van der Waals surface area contributed by atoms with Gasteiger partial charge in [-0.3, -0.25) is 14.6 Å². The third-order valence-corrected chi connectivity index (χ3v) is 8.33.